The zero-order valence-electron chi connectivity index (χ0n) is 14.4. The molecule has 28 heavy (non-hydrogen) atoms. The van der Waals surface area contributed by atoms with Crippen LogP contribution in [0.3, 0.4) is 0 Å². The Morgan fingerprint density at radius 3 is 1.64 bits per heavy atom. The average Bonchev–Trinajstić information content (AvgIpc) is 3.25. The fraction of sp³-hybridized carbons (Fsp3) is 0.286. The molecule has 0 saturated heterocycles. The van der Waals surface area contributed by atoms with E-state index in [1.807, 2.05) is 0 Å². The molecular weight excluding hydrogens is 404 g/mol. The molecule has 4 aromatic heterocycles. The fourth-order valence-electron chi connectivity index (χ4n) is 2.51. The van der Waals surface area contributed by atoms with E-state index in [2.05, 4.69) is 50.5 Å². The van der Waals surface area contributed by atoms with E-state index >= 15 is 0 Å². The van der Waals surface area contributed by atoms with Gasteiger partial charge in [0.1, 0.15) is 23.7 Å². The highest BCUT2D eigenvalue weighted by Crippen LogP contribution is 2.21. The summed E-state index contributed by atoms with van der Waals surface area (Å²) in [5, 5.41) is 6.39. The van der Waals surface area contributed by atoms with Crippen LogP contribution in [0.4, 0.5) is 11.6 Å². The van der Waals surface area contributed by atoms with Crippen molar-refractivity contribution in [1.29, 1.82) is 0 Å². The van der Waals surface area contributed by atoms with Crippen LogP contribution in [0.2, 0.25) is 0 Å². The molecule has 0 aliphatic rings. The lowest BCUT2D eigenvalue weighted by Crippen LogP contribution is -2.08. The predicted molar refractivity (Wildman–Crippen MR) is 111 cm³/mol. The first kappa shape index (κ1) is 18.4. The molecule has 4 heterocycles. The Kier molecular flexibility index (Phi) is 5.48. The van der Waals surface area contributed by atoms with Crippen LogP contribution in [0.5, 0.6) is 0 Å². The zero-order chi connectivity index (χ0) is 19.3. The highest BCUT2D eigenvalue weighted by atomic mass is 33.1. The molecule has 4 rings (SSSR count). The zero-order valence-corrected chi connectivity index (χ0v) is 16.0. The molecule has 6 N–H and O–H groups in total. The lowest BCUT2D eigenvalue weighted by Gasteiger charge is -2.07. The summed E-state index contributed by atoms with van der Waals surface area (Å²) in [6.45, 7) is 1.39. The first-order valence-corrected chi connectivity index (χ1v) is 10.8. The molecule has 0 bridgehead atoms. The highest BCUT2D eigenvalue weighted by Gasteiger charge is 2.07. The first-order chi connectivity index (χ1) is 13.7. The first-order valence-electron chi connectivity index (χ1n) is 8.29. The molecule has 14 heteroatoms. The number of H-pyrrole nitrogens is 4. The molecule has 4 aromatic rings. The largest absolute Gasteiger partial charge is 0.367 e. The number of aromatic amines is 4. The van der Waals surface area contributed by atoms with Gasteiger partial charge in [-0.1, -0.05) is 21.6 Å². The van der Waals surface area contributed by atoms with Crippen LogP contribution in [-0.4, -0.2) is 64.5 Å². The number of imidazole rings is 2. The second-order valence-corrected chi connectivity index (χ2v) is 8.25. The smallest absolute Gasteiger partial charge is 0.325 e. The number of nitrogens with one attached hydrogen (secondary N) is 6. The van der Waals surface area contributed by atoms with Crippen molar-refractivity contribution in [2.75, 3.05) is 35.2 Å². The molecule has 0 fully saturated rings. The van der Waals surface area contributed by atoms with Gasteiger partial charge in [0.05, 0.1) is 0 Å². The Bertz CT molecular complexity index is 1100. The normalized spacial score (nSPS) is 11.3. The minimum atomic E-state index is -0.305. The van der Waals surface area contributed by atoms with Gasteiger partial charge in [-0.25, -0.2) is 29.5 Å². The molecule has 0 radical (unpaired) electrons. The van der Waals surface area contributed by atoms with Crippen molar-refractivity contribution in [2.45, 2.75) is 0 Å². The van der Waals surface area contributed by atoms with Gasteiger partial charge in [0.2, 0.25) is 0 Å². The Morgan fingerprint density at radius 1 is 0.714 bits per heavy atom. The number of fused-ring (bicyclic) bond motifs is 2. The molecule has 12 nitrogen and oxygen atoms in total. The molecule has 0 aliphatic heterocycles. The number of hydrogen-bond acceptors (Lipinski definition) is 10. The third-order valence-electron chi connectivity index (χ3n) is 3.67. The highest BCUT2D eigenvalue weighted by molar-refractivity contribution is 8.76. The molecule has 0 aromatic carbocycles. The van der Waals surface area contributed by atoms with E-state index in [1.54, 1.807) is 21.6 Å². The molecule has 0 aliphatic carbocycles. The second kappa shape index (κ2) is 8.35. The summed E-state index contributed by atoms with van der Waals surface area (Å²) in [6.07, 6.45) is 2.81. The minimum absolute atomic E-state index is 0.305. The SMILES string of the molecule is O=c1[nH]c2ncnc(NCCSSCCNc3ncnc4[nH]c(=O)[nH]c34)c2[nH]1. The van der Waals surface area contributed by atoms with E-state index in [1.165, 1.54) is 12.7 Å². The van der Waals surface area contributed by atoms with Crippen LogP contribution in [0.25, 0.3) is 22.3 Å². The summed E-state index contributed by atoms with van der Waals surface area (Å²) < 4.78 is 0. The van der Waals surface area contributed by atoms with Crippen molar-refractivity contribution in [1.82, 2.24) is 39.9 Å². The Hall–Kier alpha value is -3.00. The third-order valence-corrected chi connectivity index (χ3v) is 6.08. The summed E-state index contributed by atoms with van der Waals surface area (Å²) in [4.78, 5) is 49.5. The number of hydrogen-bond donors (Lipinski definition) is 6. The summed E-state index contributed by atoms with van der Waals surface area (Å²) in [7, 11) is 3.44. The van der Waals surface area contributed by atoms with Gasteiger partial charge in [0.15, 0.2) is 22.9 Å². The third kappa shape index (κ3) is 4.12. The van der Waals surface area contributed by atoms with Crippen LogP contribution in [0.15, 0.2) is 22.2 Å². The monoisotopic (exact) mass is 420 g/mol. The Balaban J connectivity index is 1.17. The van der Waals surface area contributed by atoms with E-state index < -0.39 is 0 Å². The van der Waals surface area contributed by atoms with E-state index in [9.17, 15) is 9.59 Å². The summed E-state index contributed by atoms with van der Waals surface area (Å²) in [6, 6.07) is 0. The standard InChI is InChI=1S/C14H16N10O2S2/c25-13-21-7-9(17-5-19-11(7)23-13)15-1-3-27-28-4-2-16-10-8-12(20-6-18-10)24-14(26)22-8/h5-6H,1-4H2,(H3,15,17,19,21,23,25)(H3,16,18,20,22,24,26). The van der Waals surface area contributed by atoms with E-state index in [-0.39, 0.29) is 11.4 Å². The van der Waals surface area contributed by atoms with Gasteiger partial charge in [-0.3, -0.25) is 9.97 Å². The van der Waals surface area contributed by atoms with Crippen LogP contribution in [0, 0.1) is 0 Å². The maximum Gasteiger partial charge on any atom is 0.325 e. The molecule has 0 saturated carbocycles. The number of nitrogens with zero attached hydrogens (tertiary/aromatic N) is 4. The van der Waals surface area contributed by atoms with Crippen LogP contribution in [-0.2, 0) is 0 Å². The van der Waals surface area contributed by atoms with Crippen LogP contribution in [0.1, 0.15) is 0 Å². The van der Waals surface area contributed by atoms with Gasteiger partial charge in [0.25, 0.3) is 0 Å². The maximum atomic E-state index is 11.3. The predicted octanol–water partition coefficient (Wildman–Crippen LogP) is 0.511. The minimum Gasteiger partial charge on any atom is -0.367 e. The molecule has 0 spiro atoms. The van der Waals surface area contributed by atoms with Gasteiger partial charge in [0, 0.05) is 24.6 Å². The number of aromatic nitrogens is 8. The van der Waals surface area contributed by atoms with Crippen molar-refractivity contribution in [2.24, 2.45) is 0 Å². The van der Waals surface area contributed by atoms with Gasteiger partial charge < -0.3 is 20.6 Å². The molecule has 0 unspecified atom stereocenters. The van der Waals surface area contributed by atoms with Crippen molar-refractivity contribution in [3.8, 4) is 0 Å². The lowest BCUT2D eigenvalue weighted by molar-refractivity contribution is 1.14. The Labute approximate surface area is 164 Å². The lowest BCUT2D eigenvalue weighted by atomic mass is 10.5. The number of rotatable bonds is 9. The topological polar surface area (TPSA) is 173 Å². The fourth-order valence-corrected chi connectivity index (χ4v) is 4.32. The van der Waals surface area contributed by atoms with Crippen molar-refractivity contribution in [3.05, 3.63) is 33.6 Å². The number of anilines is 2. The quantitative estimate of drug-likeness (QED) is 0.165. The summed E-state index contributed by atoms with van der Waals surface area (Å²) in [5.41, 5.74) is 1.51. The molecule has 0 amide bonds. The second-order valence-electron chi connectivity index (χ2n) is 5.55. The van der Waals surface area contributed by atoms with Crippen LogP contribution >= 0.6 is 21.6 Å². The van der Waals surface area contributed by atoms with Crippen molar-refractivity contribution >= 4 is 55.6 Å². The van der Waals surface area contributed by atoms with E-state index in [0.717, 1.165) is 11.5 Å². The maximum absolute atomic E-state index is 11.3. The van der Waals surface area contributed by atoms with Gasteiger partial charge >= 0.3 is 11.4 Å². The van der Waals surface area contributed by atoms with Crippen LogP contribution < -0.4 is 22.0 Å². The molecule has 0 atom stereocenters. The summed E-state index contributed by atoms with van der Waals surface area (Å²) in [5.74, 6) is 2.91. The van der Waals surface area contributed by atoms with Gasteiger partial charge in [-0.2, -0.15) is 0 Å². The summed E-state index contributed by atoms with van der Waals surface area (Å²) >= 11 is 0. The van der Waals surface area contributed by atoms with Crippen molar-refractivity contribution in [3.63, 3.8) is 0 Å². The van der Waals surface area contributed by atoms with Gasteiger partial charge in [-0.15, -0.1) is 0 Å². The van der Waals surface area contributed by atoms with E-state index in [4.69, 9.17) is 0 Å². The molecular formula is C14H16N10O2S2. The molecule has 146 valence electrons. The van der Waals surface area contributed by atoms with E-state index in [0.29, 0.717) is 47.1 Å². The van der Waals surface area contributed by atoms with Gasteiger partial charge in [-0.05, 0) is 0 Å². The van der Waals surface area contributed by atoms with Crippen molar-refractivity contribution < 1.29 is 0 Å². The Morgan fingerprint density at radius 2 is 1.18 bits per heavy atom. The average molecular weight is 420 g/mol.